The van der Waals surface area contributed by atoms with Gasteiger partial charge in [0, 0.05) is 0 Å². The number of hydrogen-bond donors (Lipinski definition) is 0. The standard InChI is InChI=1S/C18H37/c1-4-7-9-10-11-12-13-14-15-17-18(6-3)16-8-5-2/h5,18H,4,6-17H2,1-3H3. The van der Waals surface area contributed by atoms with Crippen molar-refractivity contribution in [2.24, 2.45) is 5.92 Å². The zero-order valence-electron chi connectivity index (χ0n) is 13.3. The Labute approximate surface area is 117 Å². The van der Waals surface area contributed by atoms with Crippen molar-refractivity contribution in [3.05, 3.63) is 6.42 Å². The van der Waals surface area contributed by atoms with Gasteiger partial charge in [-0.15, -0.1) is 0 Å². The van der Waals surface area contributed by atoms with E-state index in [2.05, 4.69) is 27.2 Å². The van der Waals surface area contributed by atoms with Gasteiger partial charge in [0.05, 0.1) is 0 Å². The maximum Gasteiger partial charge on any atom is -0.0417 e. The molecule has 0 saturated carbocycles. The topological polar surface area (TPSA) is 0 Å². The fourth-order valence-electron chi connectivity index (χ4n) is 2.70. The second kappa shape index (κ2) is 15.1. The van der Waals surface area contributed by atoms with Crippen LogP contribution in [-0.2, 0) is 0 Å². The summed E-state index contributed by atoms with van der Waals surface area (Å²) in [5.41, 5.74) is 0. The Kier molecular flexibility index (Phi) is 15.1. The molecule has 0 saturated heterocycles. The Bertz CT molecular complexity index is 139. The highest BCUT2D eigenvalue weighted by molar-refractivity contribution is 4.63. The average Bonchev–Trinajstić information content (AvgIpc) is 2.40. The largest absolute Gasteiger partial charge is 0.0654 e. The van der Waals surface area contributed by atoms with Crippen molar-refractivity contribution >= 4 is 0 Å². The molecule has 0 rings (SSSR count). The Morgan fingerprint density at radius 3 is 1.78 bits per heavy atom. The summed E-state index contributed by atoms with van der Waals surface area (Å²) in [4.78, 5) is 0. The Hall–Kier alpha value is 0. The van der Waals surface area contributed by atoms with E-state index in [-0.39, 0.29) is 0 Å². The van der Waals surface area contributed by atoms with Gasteiger partial charge in [-0.25, -0.2) is 0 Å². The summed E-state index contributed by atoms with van der Waals surface area (Å²) in [6.07, 6.45) is 21.0. The van der Waals surface area contributed by atoms with Crippen LogP contribution in [0.25, 0.3) is 0 Å². The lowest BCUT2D eigenvalue weighted by molar-refractivity contribution is 0.410. The molecule has 1 unspecified atom stereocenters. The van der Waals surface area contributed by atoms with E-state index in [9.17, 15) is 0 Å². The number of hydrogen-bond acceptors (Lipinski definition) is 0. The smallest absolute Gasteiger partial charge is 0.0417 e. The summed E-state index contributed by atoms with van der Waals surface area (Å²) in [5, 5.41) is 0. The van der Waals surface area contributed by atoms with Crippen molar-refractivity contribution in [3.8, 4) is 0 Å². The van der Waals surface area contributed by atoms with E-state index in [0.717, 1.165) is 5.92 Å². The molecule has 0 fully saturated rings. The first-order valence-corrected chi connectivity index (χ1v) is 8.62. The van der Waals surface area contributed by atoms with Gasteiger partial charge in [0.2, 0.25) is 0 Å². The van der Waals surface area contributed by atoms with E-state index in [1.54, 1.807) is 0 Å². The summed E-state index contributed by atoms with van der Waals surface area (Å²) in [6, 6.07) is 0. The first kappa shape index (κ1) is 18.0. The predicted octanol–water partition coefficient (Wildman–Crippen LogP) is 6.94. The fraction of sp³-hybridized carbons (Fsp3) is 0.944. The van der Waals surface area contributed by atoms with Gasteiger partial charge < -0.3 is 0 Å². The lowest BCUT2D eigenvalue weighted by Gasteiger charge is -2.13. The SMILES string of the molecule is C[CH]CCC(CC)CCCCCCCCCCC. The third-order valence-electron chi connectivity index (χ3n) is 4.16. The van der Waals surface area contributed by atoms with Crippen molar-refractivity contribution in [1.29, 1.82) is 0 Å². The second-order valence-corrected chi connectivity index (χ2v) is 5.88. The van der Waals surface area contributed by atoms with Gasteiger partial charge in [0.1, 0.15) is 0 Å². The molecule has 0 heterocycles. The highest BCUT2D eigenvalue weighted by Crippen LogP contribution is 2.20. The normalized spacial score (nSPS) is 12.8. The molecule has 1 radical (unpaired) electrons. The van der Waals surface area contributed by atoms with Crippen molar-refractivity contribution < 1.29 is 0 Å². The molecule has 18 heavy (non-hydrogen) atoms. The molecule has 0 nitrogen and oxygen atoms in total. The molecule has 0 bridgehead atoms. The van der Waals surface area contributed by atoms with Crippen molar-refractivity contribution in [3.63, 3.8) is 0 Å². The zero-order valence-corrected chi connectivity index (χ0v) is 13.3. The van der Waals surface area contributed by atoms with Crippen LogP contribution in [0.15, 0.2) is 0 Å². The van der Waals surface area contributed by atoms with Gasteiger partial charge in [-0.3, -0.25) is 0 Å². The molecule has 0 N–H and O–H groups in total. The first-order valence-electron chi connectivity index (χ1n) is 8.62. The van der Waals surface area contributed by atoms with Crippen LogP contribution in [0.4, 0.5) is 0 Å². The van der Waals surface area contributed by atoms with Gasteiger partial charge in [0.15, 0.2) is 0 Å². The molecule has 0 aliphatic rings. The van der Waals surface area contributed by atoms with E-state index in [1.807, 2.05) is 0 Å². The predicted molar refractivity (Wildman–Crippen MR) is 84.8 cm³/mol. The van der Waals surface area contributed by atoms with E-state index in [0.29, 0.717) is 0 Å². The van der Waals surface area contributed by atoms with Crippen LogP contribution in [-0.4, -0.2) is 0 Å². The van der Waals surface area contributed by atoms with Crippen molar-refractivity contribution in [2.75, 3.05) is 0 Å². The molecular formula is C18H37. The molecule has 0 aliphatic carbocycles. The van der Waals surface area contributed by atoms with Gasteiger partial charge in [-0.05, 0) is 12.3 Å². The van der Waals surface area contributed by atoms with Crippen molar-refractivity contribution in [1.82, 2.24) is 0 Å². The molecule has 0 aromatic rings. The lowest BCUT2D eigenvalue weighted by Crippen LogP contribution is -1.98. The van der Waals surface area contributed by atoms with Crippen LogP contribution in [0.3, 0.4) is 0 Å². The van der Waals surface area contributed by atoms with E-state index in [4.69, 9.17) is 0 Å². The molecule has 0 spiro atoms. The highest BCUT2D eigenvalue weighted by Gasteiger charge is 2.04. The maximum atomic E-state index is 2.36. The Balaban J connectivity index is 3.17. The second-order valence-electron chi connectivity index (χ2n) is 5.88. The van der Waals surface area contributed by atoms with Crippen LogP contribution in [0.2, 0.25) is 0 Å². The molecule has 0 heteroatoms. The highest BCUT2D eigenvalue weighted by atomic mass is 14.1. The van der Waals surface area contributed by atoms with E-state index >= 15 is 0 Å². The van der Waals surface area contributed by atoms with E-state index < -0.39 is 0 Å². The monoisotopic (exact) mass is 253 g/mol. The van der Waals surface area contributed by atoms with Crippen LogP contribution in [0.1, 0.15) is 104 Å². The minimum absolute atomic E-state index is 0.991. The summed E-state index contributed by atoms with van der Waals surface area (Å²) >= 11 is 0. The summed E-state index contributed by atoms with van der Waals surface area (Å²) < 4.78 is 0. The molecule has 1 atom stereocenters. The fourth-order valence-corrected chi connectivity index (χ4v) is 2.70. The van der Waals surface area contributed by atoms with Crippen LogP contribution >= 0.6 is 0 Å². The Morgan fingerprint density at radius 1 is 0.722 bits per heavy atom. The molecule has 0 aromatic heterocycles. The van der Waals surface area contributed by atoms with Crippen LogP contribution in [0.5, 0.6) is 0 Å². The quantitative estimate of drug-likeness (QED) is 0.294. The molecule has 109 valence electrons. The molecule has 0 amide bonds. The number of rotatable bonds is 14. The third-order valence-corrected chi connectivity index (χ3v) is 4.16. The summed E-state index contributed by atoms with van der Waals surface area (Å²) in [6.45, 7) is 6.83. The molecule has 0 aromatic carbocycles. The van der Waals surface area contributed by atoms with E-state index in [1.165, 1.54) is 83.5 Å². The number of unbranched alkanes of at least 4 members (excludes halogenated alkanes) is 9. The van der Waals surface area contributed by atoms with Gasteiger partial charge >= 0.3 is 0 Å². The molecular weight excluding hydrogens is 216 g/mol. The molecule has 0 aliphatic heterocycles. The zero-order chi connectivity index (χ0) is 13.5. The third kappa shape index (κ3) is 12.5. The average molecular weight is 253 g/mol. The van der Waals surface area contributed by atoms with Gasteiger partial charge in [0.25, 0.3) is 0 Å². The van der Waals surface area contributed by atoms with Gasteiger partial charge in [-0.2, -0.15) is 0 Å². The minimum Gasteiger partial charge on any atom is -0.0654 e. The van der Waals surface area contributed by atoms with Crippen LogP contribution < -0.4 is 0 Å². The minimum atomic E-state index is 0.991. The maximum absolute atomic E-state index is 2.36. The van der Waals surface area contributed by atoms with Gasteiger partial charge in [-0.1, -0.05) is 104 Å². The first-order chi connectivity index (χ1) is 8.85. The van der Waals surface area contributed by atoms with Crippen molar-refractivity contribution in [2.45, 2.75) is 104 Å². The summed E-state index contributed by atoms with van der Waals surface area (Å²) in [5.74, 6) is 0.991. The Morgan fingerprint density at radius 2 is 1.28 bits per heavy atom. The van der Waals surface area contributed by atoms with Crippen LogP contribution in [0, 0.1) is 12.3 Å². The summed E-state index contributed by atoms with van der Waals surface area (Å²) in [7, 11) is 0. The lowest BCUT2D eigenvalue weighted by atomic mass is 9.93.